The molecule has 0 spiro atoms. The molecule has 0 saturated carbocycles. The highest BCUT2D eigenvalue weighted by molar-refractivity contribution is 8.76. The minimum atomic E-state index is -1.22. The highest BCUT2D eigenvalue weighted by Gasteiger charge is 2.28. The van der Waals surface area contributed by atoms with Gasteiger partial charge in [0.2, 0.25) is 47.3 Å². The van der Waals surface area contributed by atoms with Gasteiger partial charge in [-0.1, -0.05) is 87.3 Å². The molecule has 14 N–H and O–H groups in total. The van der Waals surface area contributed by atoms with Crippen LogP contribution in [-0.2, 0) is 57.6 Å². The number of benzene rings is 4. The van der Waals surface area contributed by atoms with Crippen LogP contribution >= 0.6 is 33.2 Å². The van der Waals surface area contributed by atoms with E-state index in [9.17, 15) is 48.3 Å². The van der Waals surface area contributed by atoms with Gasteiger partial charge in [0.15, 0.2) is 0 Å². The Labute approximate surface area is 486 Å². The molecule has 0 radical (unpaired) electrons. The lowest BCUT2D eigenvalue weighted by Crippen LogP contribution is -2.56. The Morgan fingerprint density at radius 3 is 1.77 bits per heavy atom. The number of primary amides is 1. The normalized spacial score (nSPS) is 11.7. The number of amides is 8. The molecule has 0 aromatic heterocycles. The van der Waals surface area contributed by atoms with Gasteiger partial charge in [0.25, 0.3) is 0 Å². The molecule has 25 heteroatoms. The van der Waals surface area contributed by atoms with Crippen molar-refractivity contribution >= 4 is 86.7 Å². The predicted molar refractivity (Wildman–Crippen MR) is 317 cm³/mol. The zero-order valence-electron chi connectivity index (χ0n) is 46.6. The third-order valence-corrected chi connectivity index (χ3v) is 13.2. The number of halogens is 1. The van der Waals surface area contributed by atoms with Gasteiger partial charge < -0.3 is 73.7 Å². The van der Waals surface area contributed by atoms with Crippen LogP contribution < -0.4 is 58.7 Å². The van der Waals surface area contributed by atoms with Crippen molar-refractivity contribution in [3.63, 3.8) is 0 Å². The maximum atomic E-state index is 13.7. The molecule has 22 nitrogen and oxygen atoms in total. The average Bonchev–Trinajstić information content (AvgIpc) is 3.46. The van der Waals surface area contributed by atoms with E-state index in [4.69, 9.17) is 27.2 Å². The molecule has 0 saturated heterocycles. The van der Waals surface area contributed by atoms with E-state index in [1.54, 1.807) is 74.6 Å². The minimum Gasteiger partial charge on any atom is -0.508 e. The Balaban J connectivity index is 0.00000191. The molecule has 4 atom stereocenters. The smallest absolute Gasteiger partial charge is 0.248 e. The SMILES string of the molecule is CCO.CN.CNCCCCC(NC(=O)CNC(=O)[C@H](Cc1ccc(O)cc1)NC(=O)C(CSSC)NC(=O)CCc1ccc(Cl)cc1)C(=O)NCC(=O)NCC(=O)NC(C=O)Cc1ccc(OC)cc1.Cc1ccc(C(N)=O)cc1. The second kappa shape index (κ2) is 42.6. The zero-order valence-corrected chi connectivity index (χ0v) is 49.0. The van der Waals surface area contributed by atoms with Crippen LogP contribution in [0.25, 0.3) is 0 Å². The number of carbonyl (C=O) groups excluding carboxylic acids is 9. The first-order valence-electron chi connectivity index (χ1n) is 25.8. The zero-order chi connectivity index (χ0) is 60.5. The van der Waals surface area contributed by atoms with Crippen molar-refractivity contribution in [1.82, 2.24) is 42.5 Å². The van der Waals surface area contributed by atoms with E-state index in [0.29, 0.717) is 54.0 Å². The van der Waals surface area contributed by atoms with Crippen LogP contribution in [0.5, 0.6) is 11.5 Å². The largest absolute Gasteiger partial charge is 0.508 e. The molecule has 444 valence electrons. The number of hydrogen-bond donors (Lipinski definition) is 12. The summed E-state index contributed by atoms with van der Waals surface area (Å²) in [5, 5.41) is 39.0. The first-order valence-corrected chi connectivity index (χ1v) is 28.9. The quantitative estimate of drug-likeness (QED) is 0.0195. The van der Waals surface area contributed by atoms with E-state index in [1.807, 2.05) is 37.4 Å². The molecule has 0 fully saturated rings. The second-order valence-electron chi connectivity index (χ2n) is 17.5. The lowest BCUT2D eigenvalue weighted by atomic mass is 10.0. The number of unbranched alkanes of at least 4 members (excludes halogenated alkanes) is 1. The summed E-state index contributed by atoms with van der Waals surface area (Å²) in [5.74, 6) is -4.00. The van der Waals surface area contributed by atoms with Gasteiger partial charge in [-0.05, 0) is 138 Å². The predicted octanol–water partition coefficient (Wildman–Crippen LogP) is 2.03. The van der Waals surface area contributed by atoms with E-state index in [1.165, 1.54) is 47.9 Å². The number of hydrogen-bond acceptors (Lipinski definition) is 16. The first-order chi connectivity index (χ1) is 38.8. The first kappa shape index (κ1) is 71.8. The lowest BCUT2D eigenvalue weighted by Gasteiger charge is -2.23. The highest BCUT2D eigenvalue weighted by atomic mass is 35.5. The van der Waals surface area contributed by atoms with Gasteiger partial charge in [-0.2, -0.15) is 0 Å². The van der Waals surface area contributed by atoms with E-state index in [-0.39, 0.29) is 55.6 Å². The summed E-state index contributed by atoms with van der Waals surface area (Å²) < 4.78 is 5.13. The lowest BCUT2D eigenvalue weighted by molar-refractivity contribution is -0.133. The number of nitrogens with two attached hydrogens (primary N) is 2. The summed E-state index contributed by atoms with van der Waals surface area (Å²) >= 11 is 5.97. The number of phenols is 1. The van der Waals surface area contributed by atoms with Gasteiger partial charge in [0.1, 0.15) is 35.9 Å². The number of aromatic hydroxyl groups is 1. The van der Waals surface area contributed by atoms with Gasteiger partial charge in [-0.3, -0.25) is 38.4 Å². The number of ether oxygens (including phenoxy) is 1. The molecule has 0 aliphatic heterocycles. The summed E-state index contributed by atoms with van der Waals surface area (Å²) in [5.41, 5.74) is 13.5. The summed E-state index contributed by atoms with van der Waals surface area (Å²) in [4.78, 5) is 114. The number of aliphatic hydroxyl groups is 1. The Morgan fingerprint density at radius 1 is 0.667 bits per heavy atom. The maximum absolute atomic E-state index is 13.7. The molecule has 4 aromatic rings. The van der Waals surface area contributed by atoms with Crippen molar-refractivity contribution in [3.8, 4) is 11.5 Å². The molecule has 4 rings (SSSR count). The van der Waals surface area contributed by atoms with E-state index >= 15 is 0 Å². The number of aldehydes is 1. The van der Waals surface area contributed by atoms with Crippen molar-refractivity contribution in [1.29, 1.82) is 0 Å². The Bertz CT molecular complexity index is 2530. The van der Waals surface area contributed by atoms with Crippen LogP contribution in [0, 0.1) is 6.92 Å². The molecule has 8 amide bonds. The summed E-state index contributed by atoms with van der Waals surface area (Å²) in [6, 6.07) is 23.0. The Hall–Kier alpha value is -7.22. The molecule has 81 heavy (non-hydrogen) atoms. The van der Waals surface area contributed by atoms with Crippen LogP contribution in [0.2, 0.25) is 5.02 Å². The van der Waals surface area contributed by atoms with E-state index in [0.717, 1.165) is 16.7 Å². The molecule has 0 bridgehead atoms. The topological polar surface area (TPSA) is 352 Å². The van der Waals surface area contributed by atoms with Crippen molar-refractivity contribution in [2.24, 2.45) is 11.5 Å². The van der Waals surface area contributed by atoms with Crippen molar-refractivity contribution in [2.45, 2.75) is 83.0 Å². The number of aliphatic hydroxyl groups excluding tert-OH is 1. The van der Waals surface area contributed by atoms with E-state index < -0.39 is 79.2 Å². The fourth-order valence-corrected chi connectivity index (χ4v) is 8.40. The Kier molecular flexibility index (Phi) is 37.8. The molecule has 4 aromatic carbocycles. The third kappa shape index (κ3) is 32.0. The van der Waals surface area contributed by atoms with Crippen molar-refractivity contribution < 1.29 is 58.1 Å². The fraction of sp³-hybridized carbons (Fsp3) is 0.411. The summed E-state index contributed by atoms with van der Waals surface area (Å²) in [7, 11) is 7.54. The average molecular weight is 1180 g/mol. The minimum absolute atomic E-state index is 0.00482. The van der Waals surface area contributed by atoms with Crippen LogP contribution in [-0.4, -0.2) is 154 Å². The van der Waals surface area contributed by atoms with Crippen LogP contribution in [0.1, 0.15) is 65.2 Å². The van der Waals surface area contributed by atoms with Gasteiger partial charge in [-0.15, -0.1) is 0 Å². The Morgan fingerprint density at radius 2 is 1.20 bits per heavy atom. The van der Waals surface area contributed by atoms with E-state index in [2.05, 4.69) is 48.3 Å². The number of phenolic OH excluding ortho intramolecular Hbond substituents is 1. The third-order valence-electron chi connectivity index (χ3n) is 11.1. The number of nitrogens with one attached hydrogen (secondary N) is 8. The monoisotopic (exact) mass is 1180 g/mol. The van der Waals surface area contributed by atoms with Gasteiger partial charge in [0, 0.05) is 35.8 Å². The molecule has 0 aliphatic carbocycles. The van der Waals surface area contributed by atoms with Gasteiger partial charge in [-0.25, -0.2) is 0 Å². The number of rotatable bonds is 31. The molecular formula is C56H79ClN10O12S2. The summed E-state index contributed by atoms with van der Waals surface area (Å²) in [6.07, 6.45) is 4.48. The molecule has 3 unspecified atom stereocenters. The van der Waals surface area contributed by atoms with Crippen molar-refractivity contribution in [2.75, 3.05) is 66.0 Å². The van der Waals surface area contributed by atoms with Crippen molar-refractivity contribution in [3.05, 3.63) is 130 Å². The van der Waals surface area contributed by atoms with Gasteiger partial charge in [0.05, 0.1) is 32.8 Å². The number of methoxy groups -OCH3 is 1. The standard InChI is InChI=1S/C45H59ClN8O10S2.C8H9NO.C2H6O.CH5N/c1-47-21-5-4-6-36(43(61)49-24-40(58)48-25-41(59)51-33(27-55)22-30-11-18-35(64-2)19-12-30)52-42(60)26-50-44(62)37(23-31-9-16-34(56)17-10-31)54-45(63)38(28-66-65-3)53-39(57)20-13-29-7-14-32(46)15-8-29;1-6-2-4-7(5-3-6)8(9)10;1-2-3;1-2/h7-12,14-19,27,33,36-38,47,56H,4-6,13,20-26,28H2,1-3H3,(H,48,58)(H,49,61)(H,50,62)(H,51,59)(H,52,60)(H,53,57)(H,54,63);2-5H,1H3,(H2,9,10);3H,2H2,1H3;2H2,1H3/t33?,36?,37-,38?;;;/m0.../s1. The summed E-state index contributed by atoms with van der Waals surface area (Å²) in [6.45, 7) is 2.98. The van der Waals surface area contributed by atoms with Gasteiger partial charge >= 0.3 is 0 Å². The molecular weight excluding hydrogens is 1100 g/mol. The maximum Gasteiger partial charge on any atom is 0.248 e. The van der Waals surface area contributed by atoms with Crippen LogP contribution in [0.4, 0.5) is 0 Å². The second-order valence-corrected chi connectivity index (χ2v) is 20.5. The van der Waals surface area contributed by atoms with Crippen LogP contribution in [0.15, 0.2) is 97.1 Å². The number of carbonyl (C=O) groups is 9. The fourth-order valence-electron chi connectivity index (χ4n) is 6.96. The number of aryl methyl sites for hydroxylation is 2. The molecule has 0 aliphatic rings. The highest BCUT2D eigenvalue weighted by Crippen LogP contribution is 2.19. The molecule has 0 heterocycles. The van der Waals surface area contributed by atoms with Crippen LogP contribution in [0.3, 0.4) is 0 Å².